The van der Waals surface area contributed by atoms with Crippen molar-refractivity contribution < 1.29 is 0 Å². The van der Waals surface area contributed by atoms with Crippen LogP contribution in [0.25, 0.3) is 5.65 Å². The molecule has 1 fully saturated rings. The number of hydrogen-bond donors (Lipinski definition) is 0. The molecule has 0 radical (unpaired) electrons. The zero-order chi connectivity index (χ0) is 11.3. The number of aromatic nitrogens is 3. The van der Waals surface area contributed by atoms with Crippen LogP contribution >= 0.6 is 0 Å². The van der Waals surface area contributed by atoms with Crippen LogP contribution in [0.15, 0.2) is 18.3 Å². The van der Waals surface area contributed by atoms with Crippen LogP contribution in [-0.4, -0.2) is 27.7 Å². The fourth-order valence-electron chi connectivity index (χ4n) is 2.34. The highest BCUT2D eigenvalue weighted by Crippen LogP contribution is 2.33. The highest BCUT2D eigenvalue weighted by Gasteiger charge is 2.34. The largest absolute Gasteiger partial charge is 0.369 e. The molecule has 0 aromatic carbocycles. The summed E-state index contributed by atoms with van der Waals surface area (Å²) in [5, 5.41) is 4.33. The summed E-state index contributed by atoms with van der Waals surface area (Å²) in [7, 11) is 0. The van der Waals surface area contributed by atoms with E-state index in [1.807, 2.05) is 17.5 Å². The third kappa shape index (κ3) is 1.45. The van der Waals surface area contributed by atoms with Gasteiger partial charge in [0.05, 0.1) is 11.9 Å². The molecule has 1 aliphatic rings. The molecule has 4 heteroatoms. The number of nitrogens with zero attached hydrogens (tertiary/aromatic N) is 4. The molecule has 3 rings (SSSR count). The molecular weight excluding hydrogens is 200 g/mol. The Morgan fingerprint density at radius 2 is 2.00 bits per heavy atom. The van der Waals surface area contributed by atoms with Crippen molar-refractivity contribution in [3.63, 3.8) is 0 Å². The summed E-state index contributed by atoms with van der Waals surface area (Å²) < 4.78 is 1.86. The summed E-state index contributed by atoms with van der Waals surface area (Å²) in [5.74, 6) is 0.820. The van der Waals surface area contributed by atoms with Crippen LogP contribution in [0.1, 0.15) is 19.7 Å². The number of anilines is 1. The van der Waals surface area contributed by atoms with Crippen molar-refractivity contribution in [1.29, 1.82) is 0 Å². The van der Waals surface area contributed by atoms with Crippen molar-refractivity contribution in [2.45, 2.75) is 20.8 Å². The molecule has 4 nitrogen and oxygen atoms in total. The van der Waals surface area contributed by atoms with Crippen LogP contribution in [0, 0.1) is 12.3 Å². The molecule has 84 valence electrons. The van der Waals surface area contributed by atoms with Crippen molar-refractivity contribution in [3.05, 3.63) is 24.2 Å². The third-order valence-corrected chi connectivity index (χ3v) is 3.02. The summed E-state index contributed by atoms with van der Waals surface area (Å²) in [4.78, 5) is 6.69. The van der Waals surface area contributed by atoms with Gasteiger partial charge < -0.3 is 4.90 Å². The van der Waals surface area contributed by atoms with Gasteiger partial charge in [-0.1, -0.05) is 13.8 Å². The van der Waals surface area contributed by atoms with E-state index in [-0.39, 0.29) is 0 Å². The van der Waals surface area contributed by atoms with Gasteiger partial charge in [-0.2, -0.15) is 5.10 Å². The van der Waals surface area contributed by atoms with Crippen molar-refractivity contribution in [2.24, 2.45) is 5.41 Å². The Labute approximate surface area is 94.9 Å². The minimum Gasteiger partial charge on any atom is -0.369 e. The van der Waals surface area contributed by atoms with Gasteiger partial charge in [-0.25, -0.2) is 9.50 Å². The third-order valence-electron chi connectivity index (χ3n) is 3.02. The van der Waals surface area contributed by atoms with Gasteiger partial charge in [-0.3, -0.25) is 0 Å². The van der Waals surface area contributed by atoms with Crippen LogP contribution in [0.4, 0.5) is 5.69 Å². The van der Waals surface area contributed by atoms with E-state index in [2.05, 4.69) is 41.1 Å². The first-order valence-corrected chi connectivity index (χ1v) is 5.62. The molecule has 0 N–H and O–H groups in total. The van der Waals surface area contributed by atoms with Crippen molar-refractivity contribution in [3.8, 4) is 0 Å². The number of fused-ring (bicyclic) bond motifs is 1. The van der Waals surface area contributed by atoms with E-state index in [0.29, 0.717) is 5.41 Å². The van der Waals surface area contributed by atoms with Crippen LogP contribution in [0.5, 0.6) is 0 Å². The van der Waals surface area contributed by atoms with Gasteiger partial charge in [-0.05, 0) is 24.5 Å². The highest BCUT2D eigenvalue weighted by atomic mass is 15.3. The van der Waals surface area contributed by atoms with Gasteiger partial charge in [-0.15, -0.1) is 0 Å². The average Bonchev–Trinajstić information content (AvgIpc) is 2.52. The lowest BCUT2D eigenvalue weighted by molar-refractivity contribution is 0.276. The number of hydrogen-bond acceptors (Lipinski definition) is 3. The second-order valence-electron chi connectivity index (χ2n) is 5.37. The molecule has 2 aromatic heterocycles. The summed E-state index contributed by atoms with van der Waals surface area (Å²) in [6.45, 7) is 8.74. The highest BCUT2D eigenvalue weighted by molar-refractivity contribution is 5.53. The molecule has 0 amide bonds. The minimum atomic E-state index is 0.452. The Hall–Kier alpha value is -1.58. The van der Waals surface area contributed by atoms with E-state index in [4.69, 9.17) is 0 Å². The molecule has 0 saturated carbocycles. The van der Waals surface area contributed by atoms with Crippen LogP contribution in [-0.2, 0) is 0 Å². The molecule has 0 atom stereocenters. The van der Waals surface area contributed by atoms with E-state index >= 15 is 0 Å². The lowest BCUT2D eigenvalue weighted by Crippen LogP contribution is -2.53. The number of pyridine rings is 1. The van der Waals surface area contributed by atoms with Gasteiger partial charge in [0.15, 0.2) is 5.65 Å². The summed E-state index contributed by atoms with van der Waals surface area (Å²) >= 11 is 0. The summed E-state index contributed by atoms with van der Waals surface area (Å²) in [6, 6.07) is 4.15. The molecule has 0 bridgehead atoms. The van der Waals surface area contributed by atoms with Gasteiger partial charge >= 0.3 is 0 Å². The summed E-state index contributed by atoms with van der Waals surface area (Å²) in [6.07, 6.45) is 2.06. The van der Waals surface area contributed by atoms with Crippen molar-refractivity contribution in [2.75, 3.05) is 18.0 Å². The van der Waals surface area contributed by atoms with E-state index in [0.717, 1.165) is 24.6 Å². The van der Waals surface area contributed by atoms with E-state index in [1.165, 1.54) is 5.69 Å². The quantitative estimate of drug-likeness (QED) is 0.730. The fourth-order valence-corrected chi connectivity index (χ4v) is 2.34. The maximum absolute atomic E-state index is 4.33. The van der Waals surface area contributed by atoms with Crippen molar-refractivity contribution in [1.82, 2.24) is 14.6 Å². The van der Waals surface area contributed by atoms with Gasteiger partial charge in [0.1, 0.15) is 5.82 Å². The van der Waals surface area contributed by atoms with Gasteiger partial charge in [0.25, 0.3) is 0 Å². The number of aryl methyl sites for hydroxylation is 1. The molecular formula is C12H16N4. The Bertz CT molecular complexity index is 533. The summed E-state index contributed by atoms with van der Waals surface area (Å²) in [5.41, 5.74) is 2.60. The predicted molar refractivity (Wildman–Crippen MR) is 63.7 cm³/mol. The Balaban J connectivity index is 1.94. The van der Waals surface area contributed by atoms with E-state index in [1.54, 1.807) is 0 Å². The van der Waals surface area contributed by atoms with Gasteiger partial charge in [0, 0.05) is 13.1 Å². The normalized spacial score (nSPS) is 18.8. The smallest absolute Gasteiger partial charge is 0.155 e. The number of rotatable bonds is 1. The molecule has 3 heterocycles. The minimum absolute atomic E-state index is 0.452. The lowest BCUT2D eigenvalue weighted by atomic mass is 9.84. The first-order valence-electron chi connectivity index (χ1n) is 5.62. The predicted octanol–water partition coefficient (Wildman–Crippen LogP) is 1.88. The maximum atomic E-state index is 4.33. The molecule has 0 spiro atoms. The van der Waals surface area contributed by atoms with E-state index < -0.39 is 0 Å². The molecule has 1 aliphatic heterocycles. The monoisotopic (exact) mass is 216 g/mol. The molecule has 16 heavy (non-hydrogen) atoms. The SMILES string of the molecule is Cc1nc2ccc(N3CC(C)(C)C3)cn2n1. The first-order chi connectivity index (χ1) is 7.53. The molecule has 0 unspecified atom stereocenters. The van der Waals surface area contributed by atoms with Crippen LogP contribution < -0.4 is 4.90 Å². The molecule has 2 aromatic rings. The average molecular weight is 216 g/mol. The second kappa shape index (κ2) is 2.97. The van der Waals surface area contributed by atoms with Gasteiger partial charge in [0.2, 0.25) is 0 Å². The molecule has 0 aliphatic carbocycles. The Morgan fingerprint density at radius 1 is 1.25 bits per heavy atom. The molecule has 1 saturated heterocycles. The standard InChI is InChI=1S/C12H16N4/c1-9-13-11-5-4-10(6-16(11)14-9)15-7-12(2,3)8-15/h4-6H,7-8H2,1-3H3. The first kappa shape index (κ1) is 9.63. The fraction of sp³-hybridized carbons (Fsp3) is 0.500. The van der Waals surface area contributed by atoms with Crippen LogP contribution in [0.3, 0.4) is 0 Å². The topological polar surface area (TPSA) is 33.4 Å². The van der Waals surface area contributed by atoms with E-state index in [9.17, 15) is 0 Å². The zero-order valence-corrected chi connectivity index (χ0v) is 9.94. The van der Waals surface area contributed by atoms with Crippen molar-refractivity contribution >= 4 is 11.3 Å². The van der Waals surface area contributed by atoms with Crippen LogP contribution in [0.2, 0.25) is 0 Å². The Kier molecular flexibility index (Phi) is 1.79. The lowest BCUT2D eigenvalue weighted by Gasteiger charge is -2.47. The zero-order valence-electron chi connectivity index (χ0n) is 9.94. The maximum Gasteiger partial charge on any atom is 0.155 e. The second-order valence-corrected chi connectivity index (χ2v) is 5.37. The Morgan fingerprint density at radius 3 is 2.69 bits per heavy atom.